The van der Waals surface area contributed by atoms with Crippen LogP contribution in [-0.4, -0.2) is 73.4 Å². The van der Waals surface area contributed by atoms with E-state index in [4.69, 9.17) is 4.74 Å². The van der Waals surface area contributed by atoms with Crippen molar-refractivity contribution in [2.24, 2.45) is 0 Å². The normalized spacial score (nSPS) is 30.0. The van der Waals surface area contributed by atoms with Gasteiger partial charge in [0, 0.05) is 44.8 Å². The largest absolute Gasteiger partial charge is 0.372 e. The van der Waals surface area contributed by atoms with E-state index in [0.29, 0.717) is 12.2 Å². The van der Waals surface area contributed by atoms with Crippen molar-refractivity contribution in [2.45, 2.75) is 58.3 Å². The van der Waals surface area contributed by atoms with E-state index in [0.717, 1.165) is 13.1 Å². The first-order chi connectivity index (χ1) is 9.46. The molecule has 2 aliphatic rings. The van der Waals surface area contributed by atoms with Crippen molar-refractivity contribution in [2.75, 3.05) is 45.8 Å². The number of nitrogens with one attached hydrogen (secondary N) is 1. The summed E-state index contributed by atoms with van der Waals surface area (Å²) in [5, 5.41) is 3.56. The highest BCUT2D eigenvalue weighted by atomic mass is 16.5. The highest BCUT2D eigenvalue weighted by Crippen LogP contribution is 2.21. The number of ether oxygens (including phenoxy) is 1. The molecule has 118 valence electrons. The number of rotatable bonds is 5. The molecule has 2 heterocycles. The lowest BCUT2D eigenvalue weighted by Gasteiger charge is -2.35. The van der Waals surface area contributed by atoms with Gasteiger partial charge in [-0.1, -0.05) is 6.92 Å². The van der Waals surface area contributed by atoms with Gasteiger partial charge >= 0.3 is 0 Å². The van der Waals surface area contributed by atoms with Crippen LogP contribution in [-0.2, 0) is 4.74 Å². The van der Waals surface area contributed by atoms with Gasteiger partial charge in [0.15, 0.2) is 0 Å². The molecule has 4 heteroatoms. The summed E-state index contributed by atoms with van der Waals surface area (Å²) in [6.45, 7) is 17.1. The molecule has 4 nitrogen and oxygen atoms in total. The van der Waals surface area contributed by atoms with E-state index in [2.05, 4.69) is 42.8 Å². The second kappa shape index (κ2) is 7.21. The quantitative estimate of drug-likeness (QED) is 0.829. The summed E-state index contributed by atoms with van der Waals surface area (Å²) in [5.74, 6) is 0. The molecular formula is C16H33N3O. The predicted octanol–water partition coefficient (Wildman–Crippen LogP) is 1.56. The van der Waals surface area contributed by atoms with Crippen LogP contribution >= 0.6 is 0 Å². The van der Waals surface area contributed by atoms with Crippen LogP contribution in [0.2, 0.25) is 0 Å². The molecule has 0 amide bonds. The Hall–Kier alpha value is -0.160. The van der Waals surface area contributed by atoms with Crippen LogP contribution in [0.3, 0.4) is 0 Å². The Bertz CT molecular complexity index is 282. The summed E-state index contributed by atoms with van der Waals surface area (Å²) in [5.41, 5.74) is 0.192. The minimum absolute atomic E-state index is 0.192. The van der Waals surface area contributed by atoms with Gasteiger partial charge < -0.3 is 15.0 Å². The smallest absolute Gasteiger partial charge is 0.0707 e. The first-order valence-electron chi connectivity index (χ1n) is 8.31. The van der Waals surface area contributed by atoms with Crippen LogP contribution in [0, 0.1) is 0 Å². The van der Waals surface area contributed by atoms with Gasteiger partial charge in [-0.3, -0.25) is 4.90 Å². The van der Waals surface area contributed by atoms with Crippen molar-refractivity contribution in [3.63, 3.8) is 0 Å². The first kappa shape index (κ1) is 16.2. The van der Waals surface area contributed by atoms with Crippen LogP contribution < -0.4 is 5.32 Å². The maximum absolute atomic E-state index is 6.19. The highest BCUT2D eigenvalue weighted by Gasteiger charge is 2.28. The van der Waals surface area contributed by atoms with Crippen molar-refractivity contribution < 1.29 is 4.74 Å². The topological polar surface area (TPSA) is 27.7 Å². The Labute approximate surface area is 124 Å². The first-order valence-corrected chi connectivity index (χ1v) is 8.31. The van der Waals surface area contributed by atoms with Crippen LogP contribution in [0.25, 0.3) is 0 Å². The van der Waals surface area contributed by atoms with Crippen LogP contribution in [0.5, 0.6) is 0 Å². The Kier molecular flexibility index (Phi) is 5.84. The third-order valence-corrected chi connectivity index (χ3v) is 4.43. The van der Waals surface area contributed by atoms with E-state index in [-0.39, 0.29) is 5.54 Å². The average molecular weight is 283 g/mol. The van der Waals surface area contributed by atoms with E-state index in [9.17, 15) is 0 Å². The van der Waals surface area contributed by atoms with Crippen molar-refractivity contribution in [1.82, 2.24) is 15.1 Å². The number of hydrogen-bond donors (Lipinski definition) is 1. The molecule has 0 spiro atoms. The molecule has 2 atom stereocenters. The van der Waals surface area contributed by atoms with Gasteiger partial charge in [-0.25, -0.2) is 0 Å². The molecule has 1 N–H and O–H groups in total. The Morgan fingerprint density at radius 2 is 1.60 bits per heavy atom. The Balaban J connectivity index is 1.64. The maximum atomic E-state index is 6.19. The minimum Gasteiger partial charge on any atom is -0.372 e. The molecule has 2 unspecified atom stereocenters. The predicted molar refractivity (Wildman–Crippen MR) is 84.2 cm³/mol. The molecule has 0 aromatic rings. The third-order valence-electron chi connectivity index (χ3n) is 4.43. The zero-order valence-electron chi connectivity index (χ0n) is 13.8. The van der Waals surface area contributed by atoms with Gasteiger partial charge in [0.2, 0.25) is 0 Å². The van der Waals surface area contributed by atoms with Crippen LogP contribution in [0.15, 0.2) is 0 Å². The molecule has 0 bridgehead atoms. The molecule has 20 heavy (non-hydrogen) atoms. The van der Waals surface area contributed by atoms with Crippen LogP contribution in [0.4, 0.5) is 0 Å². The Morgan fingerprint density at radius 1 is 1.00 bits per heavy atom. The second-order valence-corrected chi connectivity index (χ2v) is 7.32. The SMILES string of the molecule is CCN1CCN(CC2CCC(CNC(C)(C)C)O2)CC1. The van der Waals surface area contributed by atoms with E-state index in [1.807, 2.05) is 0 Å². The van der Waals surface area contributed by atoms with Gasteiger partial charge in [0.25, 0.3) is 0 Å². The average Bonchev–Trinajstić information content (AvgIpc) is 2.84. The molecule has 0 aliphatic carbocycles. The summed E-state index contributed by atoms with van der Waals surface area (Å²) in [6, 6.07) is 0. The summed E-state index contributed by atoms with van der Waals surface area (Å²) in [7, 11) is 0. The molecule has 0 aromatic heterocycles. The van der Waals surface area contributed by atoms with Gasteiger partial charge in [-0.15, -0.1) is 0 Å². The minimum atomic E-state index is 0.192. The number of likely N-dealkylation sites (N-methyl/N-ethyl adjacent to an activating group) is 1. The van der Waals surface area contributed by atoms with Crippen molar-refractivity contribution >= 4 is 0 Å². The standard InChI is InChI=1S/C16H33N3O/c1-5-18-8-10-19(11-9-18)13-15-7-6-14(20-15)12-17-16(2,3)4/h14-15,17H,5-13H2,1-4H3. The fourth-order valence-electron chi connectivity index (χ4n) is 3.06. The van der Waals surface area contributed by atoms with Crippen molar-refractivity contribution in [3.8, 4) is 0 Å². The van der Waals surface area contributed by atoms with E-state index < -0.39 is 0 Å². The molecule has 2 saturated heterocycles. The molecule has 0 radical (unpaired) electrons. The van der Waals surface area contributed by atoms with Gasteiger partial charge in [0.1, 0.15) is 0 Å². The highest BCUT2D eigenvalue weighted by molar-refractivity contribution is 4.82. The fourth-order valence-corrected chi connectivity index (χ4v) is 3.06. The second-order valence-electron chi connectivity index (χ2n) is 7.32. The number of piperazine rings is 1. The van der Waals surface area contributed by atoms with Gasteiger partial charge in [0.05, 0.1) is 12.2 Å². The lowest BCUT2D eigenvalue weighted by molar-refractivity contribution is 0.0111. The number of hydrogen-bond acceptors (Lipinski definition) is 4. The molecule has 0 saturated carbocycles. The molecule has 0 aromatic carbocycles. The third kappa shape index (κ3) is 5.32. The summed E-state index contributed by atoms with van der Waals surface area (Å²) < 4.78 is 6.19. The van der Waals surface area contributed by atoms with E-state index in [1.165, 1.54) is 45.6 Å². The molecule has 2 aliphatic heterocycles. The van der Waals surface area contributed by atoms with Gasteiger partial charge in [-0.2, -0.15) is 0 Å². The van der Waals surface area contributed by atoms with Crippen molar-refractivity contribution in [3.05, 3.63) is 0 Å². The fraction of sp³-hybridized carbons (Fsp3) is 1.00. The summed E-state index contributed by atoms with van der Waals surface area (Å²) in [6.07, 6.45) is 3.30. The molecule has 2 rings (SSSR count). The zero-order chi connectivity index (χ0) is 14.6. The number of nitrogens with zero attached hydrogens (tertiary/aromatic N) is 2. The molecular weight excluding hydrogens is 250 g/mol. The Morgan fingerprint density at radius 3 is 2.20 bits per heavy atom. The maximum Gasteiger partial charge on any atom is 0.0707 e. The van der Waals surface area contributed by atoms with Crippen LogP contribution in [0.1, 0.15) is 40.5 Å². The van der Waals surface area contributed by atoms with Gasteiger partial charge in [-0.05, 0) is 40.2 Å². The lowest BCUT2D eigenvalue weighted by Crippen LogP contribution is -2.48. The van der Waals surface area contributed by atoms with Crippen molar-refractivity contribution in [1.29, 1.82) is 0 Å². The monoisotopic (exact) mass is 283 g/mol. The summed E-state index contributed by atoms with van der Waals surface area (Å²) in [4.78, 5) is 5.11. The zero-order valence-corrected chi connectivity index (χ0v) is 13.8. The lowest BCUT2D eigenvalue weighted by atomic mass is 10.1. The van der Waals surface area contributed by atoms with E-state index in [1.54, 1.807) is 0 Å². The van der Waals surface area contributed by atoms with E-state index >= 15 is 0 Å². The summed E-state index contributed by atoms with van der Waals surface area (Å²) >= 11 is 0. The molecule has 2 fully saturated rings.